The van der Waals surface area contributed by atoms with E-state index in [9.17, 15) is 4.79 Å². The summed E-state index contributed by atoms with van der Waals surface area (Å²) in [6.07, 6.45) is 0.674. The summed E-state index contributed by atoms with van der Waals surface area (Å²) in [6, 6.07) is 3.63. The molecule has 1 heterocycles. The molecule has 0 aliphatic heterocycles. The van der Waals surface area contributed by atoms with Gasteiger partial charge in [-0.1, -0.05) is 6.07 Å². The second-order valence-electron chi connectivity index (χ2n) is 2.50. The molecule has 0 fully saturated rings. The van der Waals surface area contributed by atoms with E-state index in [2.05, 4.69) is 0 Å². The van der Waals surface area contributed by atoms with Crippen LogP contribution in [0.2, 0.25) is 0 Å². The molecule has 1 aromatic rings. The highest BCUT2D eigenvalue weighted by molar-refractivity contribution is 7.09. The lowest BCUT2D eigenvalue weighted by atomic mass is 10.1. The van der Waals surface area contributed by atoms with Gasteiger partial charge in [-0.2, -0.15) is 0 Å². The molecule has 0 radical (unpaired) electrons. The molecule has 3 heteroatoms. The number of thiophene rings is 1. The molecular formula is C8H11NOS. The second-order valence-corrected chi connectivity index (χ2v) is 3.53. The van der Waals surface area contributed by atoms with Crippen molar-refractivity contribution in [2.24, 2.45) is 5.73 Å². The molecule has 0 spiro atoms. The number of rotatable bonds is 3. The van der Waals surface area contributed by atoms with Crippen LogP contribution in [0.1, 0.15) is 11.8 Å². The predicted molar refractivity (Wildman–Crippen MR) is 46.7 cm³/mol. The van der Waals surface area contributed by atoms with Crippen molar-refractivity contribution in [2.75, 3.05) is 0 Å². The summed E-state index contributed by atoms with van der Waals surface area (Å²) >= 11 is 1.64. The average Bonchev–Trinajstić information content (AvgIpc) is 2.39. The van der Waals surface area contributed by atoms with E-state index in [0.717, 1.165) is 0 Å². The molecule has 11 heavy (non-hydrogen) atoms. The van der Waals surface area contributed by atoms with Gasteiger partial charge in [0.05, 0.1) is 6.04 Å². The lowest BCUT2D eigenvalue weighted by Gasteiger charge is -2.03. The minimum absolute atomic E-state index is 0.0541. The minimum Gasteiger partial charge on any atom is -0.321 e. The van der Waals surface area contributed by atoms with Crippen molar-refractivity contribution in [3.05, 3.63) is 22.4 Å². The highest BCUT2D eigenvalue weighted by atomic mass is 32.1. The van der Waals surface area contributed by atoms with E-state index < -0.39 is 0 Å². The van der Waals surface area contributed by atoms with Crippen LogP contribution in [0.15, 0.2) is 17.5 Å². The molecule has 0 saturated carbocycles. The van der Waals surface area contributed by atoms with Gasteiger partial charge < -0.3 is 5.73 Å². The van der Waals surface area contributed by atoms with Gasteiger partial charge in [0.1, 0.15) is 5.78 Å². The predicted octanol–water partition coefficient (Wildman–Crippen LogP) is 1.21. The van der Waals surface area contributed by atoms with E-state index in [1.54, 1.807) is 11.3 Å². The number of hydrogen-bond acceptors (Lipinski definition) is 3. The third-order valence-corrected chi connectivity index (χ3v) is 2.42. The summed E-state index contributed by atoms with van der Waals surface area (Å²) in [5.74, 6) is 0.0541. The van der Waals surface area contributed by atoms with Crippen molar-refractivity contribution in [1.82, 2.24) is 0 Å². The van der Waals surface area contributed by atoms with Crippen LogP contribution in [0.4, 0.5) is 0 Å². The summed E-state index contributed by atoms with van der Waals surface area (Å²) < 4.78 is 0. The summed E-state index contributed by atoms with van der Waals surface area (Å²) in [6.45, 7) is 1.53. The smallest absolute Gasteiger partial charge is 0.146 e. The Kier molecular flexibility index (Phi) is 2.79. The van der Waals surface area contributed by atoms with E-state index in [1.165, 1.54) is 11.8 Å². The molecule has 60 valence electrons. The lowest BCUT2D eigenvalue weighted by Crippen LogP contribution is -2.30. The number of carbonyl (C=O) groups excluding carboxylic acids is 1. The fourth-order valence-electron chi connectivity index (χ4n) is 0.789. The van der Waals surface area contributed by atoms with Gasteiger partial charge in [0.25, 0.3) is 0 Å². The Morgan fingerprint density at radius 2 is 2.55 bits per heavy atom. The Morgan fingerprint density at radius 1 is 1.82 bits per heavy atom. The van der Waals surface area contributed by atoms with Gasteiger partial charge in [-0.05, 0) is 18.4 Å². The SMILES string of the molecule is CC(=O)C(N)Cc1cccs1. The topological polar surface area (TPSA) is 43.1 Å². The summed E-state index contributed by atoms with van der Waals surface area (Å²) in [5.41, 5.74) is 5.56. The third-order valence-electron chi connectivity index (χ3n) is 1.52. The van der Waals surface area contributed by atoms with E-state index in [4.69, 9.17) is 5.73 Å². The molecule has 0 aliphatic rings. The van der Waals surface area contributed by atoms with Crippen LogP contribution in [-0.2, 0) is 11.2 Å². The van der Waals surface area contributed by atoms with Crippen molar-refractivity contribution in [3.63, 3.8) is 0 Å². The van der Waals surface area contributed by atoms with Gasteiger partial charge in [0.15, 0.2) is 0 Å². The van der Waals surface area contributed by atoms with Gasteiger partial charge in [0, 0.05) is 11.3 Å². The van der Waals surface area contributed by atoms with Crippen molar-refractivity contribution in [3.8, 4) is 0 Å². The first kappa shape index (κ1) is 8.43. The van der Waals surface area contributed by atoms with E-state index in [-0.39, 0.29) is 11.8 Å². The molecule has 2 nitrogen and oxygen atoms in total. The maximum absolute atomic E-state index is 10.7. The van der Waals surface area contributed by atoms with Crippen LogP contribution in [0.5, 0.6) is 0 Å². The van der Waals surface area contributed by atoms with E-state index >= 15 is 0 Å². The van der Waals surface area contributed by atoms with Crippen LogP contribution < -0.4 is 5.73 Å². The largest absolute Gasteiger partial charge is 0.321 e. The maximum atomic E-state index is 10.7. The first-order chi connectivity index (χ1) is 5.20. The maximum Gasteiger partial charge on any atom is 0.146 e. The molecule has 0 aromatic carbocycles. The normalized spacial score (nSPS) is 12.9. The second kappa shape index (κ2) is 3.64. The van der Waals surface area contributed by atoms with Crippen LogP contribution in [0.25, 0.3) is 0 Å². The molecule has 0 saturated heterocycles. The van der Waals surface area contributed by atoms with Gasteiger partial charge >= 0.3 is 0 Å². The molecule has 1 atom stereocenters. The van der Waals surface area contributed by atoms with Gasteiger partial charge in [0.2, 0.25) is 0 Å². The highest BCUT2D eigenvalue weighted by Gasteiger charge is 2.08. The third kappa shape index (κ3) is 2.44. The molecule has 1 rings (SSSR count). The molecule has 1 unspecified atom stereocenters. The number of carbonyl (C=O) groups is 1. The molecule has 0 amide bonds. The van der Waals surface area contributed by atoms with E-state index in [0.29, 0.717) is 6.42 Å². The van der Waals surface area contributed by atoms with Crippen LogP contribution >= 0.6 is 11.3 Å². The first-order valence-electron chi connectivity index (χ1n) is 3.48. The Bertz CT molecular complexity index is 230. The Hall–Kier alpha value is -0.670. The zero-order valence-corrected chi connectivity index (χ0v) is 7.23. The summed E-state index contributed by atoms with van der Waals surface area (Å²) in [5, 5.41) is 1.99. The number of Topliss-reactive ketones (excluding diaryl/α,β-unsaturated/α-hetero) is 1. The van der Waals surface area contributed by atoms with Gasteiger partial charge in [-0.15, -0.1) is 11.3 Å². The average molecular weight is 169 g/mol. The highest BCUT2D eigenvalue weighted by Crippen LogP contribution is 2.10. The lowest BCUT2D eigenvalue weighted by molar-refractivity contribution is -0.118. The van der Waals surface area contributed by atoms with Crippen molar-refractivity contribution >= 4 is 17.1 Å². The first-order valence-corrected chi connectivity index (χ1v) is 4.36. The molecule has 0 bridgehead atoms. The van der Waals surface area contributed by atoms with Gasteiger partial charge in [-0.3, -0.25) is 4.79 Å². The number of nitrogens with two attached hydrogens (primary N) is 1. The quantitative estimate of drug-likeness (QED) is 0.739. The fourth-order valence-corrected chi connectivity index (χ4v) is 1.55. The molecule has 2 N–H and O–H groups in total. The van der Waals surface area contributed by atoms with Crippen LogP contribution in [0, 0.1) is 0 Å². The van der Waals surface area contributed by atoms with Crippen LogP contribution in [-0.4, -0.2) is 11.8 Å². The van der Waals surface area contributed by atoms with Crippen LogP contribution in [0.3, 0.4) is 0 Å². The molecule has 0 aliphatic carbocycles. The Labute approximate surface area is 70.0 Å². The van der Waals surface area contributed by atoms with Crippen molar-refractivity contribution in [2.45, 2.75) is 19.4 Å². The standard InChI is InChI=1S/C8H11NOS/c1-6(10)8(9)5-7-3-2-4-11-7/h2-4,8H,5,9H2,1H3. The number of hydrogen-bond donors (Lipinski definition) is 1. The van der Waals surface area contributed by atoms with Crippen molar-refractivity contribution < 1.29 is 4.79 Å². The van der Waals surface area contributed by atoms with Crippen molar-refractivity contribution in [1.29, 1.82) is 0 Å². The minimum atomic E-state index is -0.325. The Balaban J connectivity index is 2.50. The number of ketones is 1. The Morgan fingerprint density at radius 3 is 3.00 bits per heavy atom. The molecule has 1 aromatic heterocycles. The summed E-state index contributed by atoms with van der Waals surface area (Å²) in [4.78, 5) is 11.9. The van der Waals surface area contributed by atoms with E-state index in [1.807, 2.05) is 17.5 Å². The summed E-state index contributed by atoms with van der Waals surface area (Å²) in [7, 11) is 0. The zero-order valence-electron chi connectivity index (χ0n) is 6.41. The van der Waals surface area contributed by atoms with Gasteiger partial charge in [-0.25, -0.2) is 0 Å². The fraction of sp³-hybridized carbons (Fsp3) is 0.375. The molecular weight excluding hydrogens is 158 g/mol. The zero-order chi connectivity index (χ0) is 8.27. The monoisotopic (exact) mass is 169 g/mol.